The van der Waals surface area contributed by atoms with Crippen molar-refractivity contribution in [3.05, 3.63) is 71.6 Å². The number of rotatable bonds is 4. The summed E-state index contributed by atoms with van der Waals surface area (Å²) < 4.78 is 5.51. The molecule has 0 spiro atoms. The van der Waals surface area contributed by atoms with Crippen molar-refractivity contribution in [2.75, 3.05) is 5.32 Å². The summed E-state index contributed by atoms with van der Waals surface area (Å²) in [4.78, 5) is 8.80. The SMILES string of the molecule is I.NC(=NCc1coc(-c2ccccc2)n1)Nc1ccc2c(c1)CCC2. The van der Waals surface area contributed by atoms with Crippen LogP contribution in [0.5, 0.6) is 0 Å². The maximum Gasteiger partial charge on any atom is 0.226 e. The smallest absolute Gasteiger partial charge is 0.226 e. The monoisotopic (exact) mass is 460 g/mol. The molecule has 2 aromatic carbocycles. The predicted molar refractivity (Wildman–Crippen MR) is 115 cm³/mol. The van der Waals surface area contributed by atoms with Crippen LogP contribution < -0.4 is 11.1 Å². The molecule has 5 nitrogen and oxygen atoms in total. The van der Waals surface area contributed by atoms with Gasteiger partial charge in [-0.2, -0.15) is 0 Å². The number of nitrogens with two attached hydrogens (primary N) is 1. The van der Waals surface area contributed by atoms with Crippen molar-refractivity contribution < 1.29 is 4.42 Å². The van der Waals surface area contributed by atoms with Crippen molar-refractivity contribution in [2.24, 2.45) is 10.7 Å². The molecule has 0 bridgehead atoms. The van der Waals surface area contributed by atoms with E-state index in [1.165, 1.54) is 24.0 Å². The number of nitrogens with one attached hydrogen (secondary N) is 1. The van der Waals surface area contributed by atoms with E-state index >= 15 is 0 Å². The minimum atomic E-state index is 0. The lowest BCUT2D eigenvalue weighted by atomic mass is 10.1. The Hall–Kier alpha value is -2.35. The second-order valence-electron chi connectivity index (χ2n) is 6.17. The largest absolute Gasteiger partial charge is 0.444 e. The minimum absolute atomic E-state index is 0. The molecule has 1 aliphatic rings. The molecule has 0 amide bonds. The molecule has 26 heavy (non-hydrogen) atoms. The lowest BCUT2D eigenvalue weighted by Gasteiger charge is -2.07. The van der Waals surface area contributed by atoms with Gasteiger partial charge in [0, 0.05) is 11.3 Å². The van der Waals surface area contributed by atoms with Crippen molar-refractivity contribution in [1.82, 2.24) is 4.98 Å². The number of hydrogen-bond acceptors (Lipinski definition) is 3. The Morgan fingerprint density at radius 1 is 1.12 bits per heavy atom. The number of aliphatic imine (C=N–C) groups is 1. The van der Waals surface area contributed by atoms with Gasteiger partial charge in [0.15, 0.2) is 5.96 Å². The summed E-state index contributed by atoms with van der Waals surface area (Å²) in [5.41, 5.74) is 11.5. The van der Waals surface area contributed by atoms with Gasteiger partial charge < -0.3 is 15.5 Å². The molecule has 0 fully saturated rings. The van der Waals surface area contributed by atoms with E-state index < -0.39 is 0 Å². The maximum atomic E-state index is 6.00. The van der Waals surface area contributed by atoms with Crippen molar-refractivity contribution in [3.63, 3.8) is 0 Å². The third-order valence-electron chi connectivity index (χ3n) is 4.35. The van der Waals surface area contributed by atoms with Gasteiger partial charge in [0.2, 0.25) is 5.89 Å². The number of halogens is 1. The average molecular weight is 460 g/mol. The Labute approximate surface area is 169 Å². The Morgan fingerprint density at radius 3 is 2.77 bits per heavy atom. The highest BCUT2D eigenvalue weighted by Gasteiger charge is 2.11. The van der Waals surface area contributed by atoms with E-state index in [-0.39, 0.29) is 24.0 Å². The number of benzene rings is 2. The standard InChI is InChI=1S/C20H20N4O.HI/c21-20(24-17-10-9-14-7-4-8-16(14)11-17)22-12-18-13-25-19(23-18)15-5-2-1-3-6-15;/h1-3,5-6,9-11,13H,4,7-8,12H2,(H3,21,22,24);1H. The molecule has 3 N–H and O–H groups in total. The second-order valence-corrected chi connectivity index (χ2v) is 6.17. The van der Waals surface area contributed by atoms with E-state index in [1.807, 2.05) is 30.3 Å². The van der Waals surface area contributed by atoms with E-state index in [0.29, 0.717) is 18.4 Å². The number of aryl methyl sites for hydroxylation is 2. The van der Waals surface area contributed by atoms with Crippen LogP contribution in [0.2, 0.25) is 0 Å². The highest BCUT2D eigenvalue weighted by Crippen LogP contribution is 2.24. The van der Waals surface area contributed by atoms with Crippen LogP contribution in [0.4, 0.5) is 5.69 Å². The second kappa shape index (κ2) is 8.35. The Bertz CT molecular complexity index is 905. The summed E-state index contributed by atoms with van der Waals surface area (Å²) in [5.74, 6) is 0.971. The third-order valence-corrected chi connectivity index (χ3v) is 4.35. The molecule has 6 heteroatoms. The van der Waals surface area contributed by atoms with E-state index in [1.54, 1.807) is 6.26 Å². The number of aromatic nitrogens is 1. The first-order valence-corrected chi connectivity index (χ1v) is 8.46. The van der Waals surface area contributed by atoms with Gasteiger partial charge in [0.05, 0.1) is 6.54 Å². The number of guanidine groups is 1. The molecular weight excluding hydrogens is 439 g/mol. The summed E-state index contributed by atoms with van der Waals surface area (Å²) in [5, 5.41) is 3.15. The Kier molecular flexibility index (Phi) is 5.92. The first-order chi connectivity index (χ1) is 12.3. The summed E-state index contributed by atoms with van der Waals surface area (Å²) in [6.07, 6.45) is 5.17. The van der Waals surface area contributed by atoms with Gasteiger partial charge in [0.1, 0.15) is 12.0 Å². The minimum Gasteiger partial charge on any atom is -0.444 e. The number of fused-ring (bicyclic) bond motifs is 1. The fourth-order valence-corrected chi connectivity index (χ4v) is 3.10. The van der Waals surface area contributed by atoms with Crippen LogP contribution >= 0.6 is 24.0 Å². The lowest BCUT2D eigenvalue weighted by molar-refractivity contribution is 0.572. The van der Waals surface area contributed by atoms with E-state index in [9.17, 15) is 0 Å². The molecule has 0 aliphatic heterocycles. The molecule has 1 aliphatic carbocycles. The van der Waals surface area contributed by atoms with Crippen LogP contribution in [0, 0.1) is 0 Å². The molecule has 0 atom stereocenters. The molecule has 1 heterocycles. The third kappa shape index (κ3) is 4.24. The number of anilines is 1. The molecule has 0 saturated carbocycles. The summed E-state index contributed by atoms with van der Waals surface area (Å²) in [6.45, 7) is 0.375. The van der Waals surface area contributed by atoms with Gasteiger partial charge in [-0.3, -0.25) is 0 Å². The quantitative estimate of drug-likeness (QED) is 0.344. The highest BCUT2D eigenvalue weighted by molar-refractivity contribution is 14.0. The number of hydrogen-bond donors (Lipinski definition) is 2. The van der Waals surface area contributed by atoms with Crippen LogP contribution in [-0.2, 0) is 19.4 Å². The molecule has 0 radical (unpaired) electrons. The van der Waals surface area contributed by atoms with E-state index in [2.05, 4.69) is 33.5 Å². The van der Waals surface area contributed by atoms with Gasteiger partial charge in [-0.15, -0.1) is 24.0 Å². The number of nitrogens with zero attached hydrogens (tertiary/aromatic N) is 2. The van der Waals surface area contributed by atoms with Crippen LogP contribution in [-0.4, -0.2) is 10.9 Å². The van der Waals surface area contributed by atoms with Gasteiger partial charge >= 0.3 is 0 Å². The van der Waals surface area contributed by atoms with Crippen LogP contribution in [0.1, 0.15) is 23.2 Å². The molecule has 4 rings (SSSR count). The highest BCUT2D eigenvalue weighted by atomic mass is 127. The molecule has 1 aromatic heterocycles. The van der Waals surface area contributed by atoms with Crippen molar-refractivity contribution in [2.45, 2.75) is 25.8 Å². The maximum absolute atomic E-state index is 6.00. The first kappa shape index (κ1) is 18.4. The van der Waals surface area contributed by atoms with Gasteiger partial charge in [-0.05, 0) is 54.7 Å². The zero-order valence-corrected chi connectivity index (χ0v) is 16.6. The molecule has 3 aromatic rings. The predicted octanol–water partition coefficient (Wildman–Crippen LogP) is 4.38. The van der Waals surface area contributed by atoms with Crippen LogP contribution in [0.15, 0.2) is 64.2 Å². The fourth-order valence-electron chi connectivity index (χ4n) is 3.10. The van der Waals surface area contributed by atoms with Crippen molar-refractivity contribution in [3.8, 4) is 11.5 Å². The summed E-state index contributed by atoms with van der Waals surface area (Å²) in [7, 11) is 0. The van der Waals surface area contributed by atoms with Gasteiger partial charge in [0.25, 0.3) is 0 Å². The zero-order chi connectivity index (χ0) is 17.1. The Morgan fingerprint density at radius 2 is 1.92 bits per heavy atom. The molecule has 0 saturated heterocycles. The normalized spacial score (nSPS) is 13.2. The fraction of sp³-hybridized carbons (Fsp3) is 0.200. The first-order valence-electron chi connectivity index (χ1n) is 8.46. The topological polar surface area (TPSA) is 76.4 Å². The number of oxazole rings is 1. The molecular formula is C20H21IN4O. The van der Waals surface area contributed by atoms with Crippen LogP contribution in [0.25, 0.3) is 11.5 Å². The lowest BCUT2D eigenvalue weighted by Crippen LogP contribution is -2.22. The molecule has 0 unspecified atom stereocenters. The van der Waals surface area contributed by atoms with Crippen LogP contribution in [0.3, 0.4) is 0 Å². The zero-order valence-electron chi connectivity index (χ0n) is 14.3. The van der Waals surface area contributed by atoms with E-state index in [4.69, 9.17) is 10.2 Å². The van der Waals surface area contributed by atoms with Gasteiger partial charge in [-0.1, -0.05) is 24.3 Å². The summed E-state index contributed by atoms with van der Waals surface area (Å²) >= 11 is 0. The Balaban J connectivity index is 0.00000196. The van der Waals surface area contributed by atoms with Crippen molar-refractivity contribution in [1.29, 1.82) is 0 Å². The average Bonchev–Trinajstić information content (AvgIpc) is 3.30. The van der Waals surface area contributed by atoms with Crippen molar-refractivity contribution >= 4 is 35.6 Å². The van der Waals surface area contributed by atoms with E-state index in [0.717, 1.165) is 23.4 Å². The molecule has 134 valence electrons. The summed E-state index contributed by atoms with van der Waals surface area (Å²) in [6, 6.07) is 16.2. The van der Waals surface area contributed by atoms with Gasteiger partial charge in [-0.25, -0.2) is 9.98 Å².